The van der Waals surface area contributed by atoms with Crippen LogP contribution in [0.15, 0.2) is 44.7 Å². The van der Waals surface area contributed by atoms with Crippen LogP contribution in [0, 0.1) is 0 Å². The first kappa shape index (κ1) is 14.3. The lowest BCUT2D eigenvalue weighted by Crippen LogP contribution is -2.18. The van der Waals surface area contributed by atoms with Crippen molar-refractivity contribution in [1.29, 1.82) is 0 Å². The summed E-state index contributed by atoms with van der Waals surface area (Å²) < 4.78 is 2.33. The van der Waals surface area contributed by atoms with E-state index in [9.17, 15) is 0 Å². The molecule has 0 aliphatic heterocycles. The molecule has 1 unspecified atom stereocenters. The lowest BCUT2D eigenvalue weighted by molar-refractivity contribution is 0.630. The molecular formula is C14H15Br2NS. The fraction of sp³-hybridized carbons (Fsp3) is 0.286. The SMILES string of the molecule is CNCC(Cc1cc(Br)cs1)c1cccc(Br)c1. The Bertz CT molecular complexity index is 510. The molecule has 0 aliphatic carbocycles. The van der Waals surface area contributed by atoms with Crippen LogP contribution in [0.25, 0.3) is 0 Å². The molecular weight excluding hydrogens is 374 g/mol. The molecule has 18 heavy (non-hydrogen) atoms. The zero-order valence-corrected chi connectivity index (χ0v) is 14.1. The standard InChI is InChI=1S/C14H15Br2NS/c1-17-8-11(6-14-7-13(16)9-18-14)10-3-2-4-12(15)5-10/h2-5,7,9,11,17H,6,8H2,1H3. The molecule has 1 N–H and O–H groups in total. The van der Waals surface area contributed by atoms with E-state index in [1.807, 2.05) is 18.4 Å². The summed E-state index contributed by atoms with van der Waals surface area (Å²) in [4.78, 5) is 1.42. The van der Waals surface area contributed by atoms with Crippen LogP contribution >= 0.6 is 43.2 Å². The molecule has 0 fully saturated rings. The first-order chi connectivity index (χ1) is 8.69. The predicted molar refractivity (Wildman–Crippen MR) is 86.5 cm³/mol. The summed E-state index contributed by atoms with van der Waals surface area (Å²) in [6, 6.07) is 10.8. The first-order valence-corrected chi connectivity index (χ1v) is 8.28. The fourth-order valence-electron chi connectivity index (χ4n) is 2.02. The van der Waals surface area contributed by atoms with Gasteiger partial charge in [0, 0.05) is 31.7 Å². The molecule has 0 spiro atoms. The van der Waals surface area contributed by atoms with E-state index < -0.39 is 0 Å². The second-order valence-electron chi connectivity index (χ2n) is 4.24. The van der Waals surface area contributed by atoms with Crippen molar-refractivity contribution in [2.45, 2.75) is 12.3 Å². The Kier molecular flexibility index (Phi) is 5.42. The molecule has 1 aromatic heterocycles. The van der Waals surface area contributed by atoms with Gasteiger partial charge in [-0.1, -0.05) is 28.1 Å². The van der Waals surface area contributed by atoms with E-state index in [0.717, 1.165) is 17.4 Å². The Morgan fingerprint density at radius 3 is 2.67 bits per heavy atom. The van der Waals surface area contributed by atoms with E-state index >= 15 is 0 Å². The first-order valence-electron chi connectivity index (χ1n) is 5.82. The summed E-state index contributed by atoms with van der Waals surface area (Å²) >= 11 is 8.88. The van der Waals surface area contributed by atoms with Gasteiger partial charge in [-0.2, -0.15) is 0 Å². The number of hydrogen-bond acceptors (Lipinski definition) is 2. The van der Waals surface area contributed by atoms with E-state index in [-0.39, 0.29) is 0 Å². The smallest absolute Gasteiger partial charge is 0.0285 e. The Morgan fingerprint density at radius 1 is 1.22 bits per heavy atom. The highest BCUT2D eigenvalue weighted by Crippen LogP contribution is 2.27. The minimum atomic E-state index is 0.512. The lowest BCUT2D eigenvalue weighted by atomic mass is 9.95. The predicted octanol–water partition coefficient (Wildman–Crippen LogP) is 4.82. The highest BCUT2D eigenvalue weighted by Gasteiger charge is 2.13. The maximum atomic E-state index is 3.55. The van der Waals surface area contributed by atoms with Gasteiger partial charge in [-0.05, 0) is 53.2 Å². The normalized spacial score (nSPS) is 12.6. The number of thiophene rings is 1. The average molecular weight is 389 g/mol. The molecule has 0 saturated heterocycles. The molecule has 1 atom stereocenters. The summed E-state index contributed by atoms with van der Waals surface area (Å²) in [5, 5.41) is 5.44. The Labute approximate surface area is 129 Å². The maximum absolute atomic E-state index is 3.55. The third-order valence-corrected chi connectivity index (χ3v) is 5.05. The van der Waals surface area contributed by atoms with Gasteiger partial charge in [-0.15, -0.1) is 11.3 Å². The third kappa shape index (κ3) is 3.92. The highest BCUT2D eigenvalue weighted by atomic mass is 79.9. The van der Waals surface area contributed by atoms with Crippen molar-refractivity contribution < 1.29 is 0 Å². The van der Waals surface area contributed by atoms with Crippen molar-refractivity contribution in [2.24, 2.45) is 0 Å². The summed E-state index contributed by atoms with van der Waals surface area (Å²) in [7, 11) is 2.01. The zero-order valence-electron chi connectivity index (χ0n) is 10.1. The van der Waals surface area contributed by atoms with Gasteiger partial charge in [-0.25, -0.2) is 0 Å². The molecule has 2 rings (SSSR count). The van der Waals surface area contributed by atoms with E-state index in [1.54, 1.807) is 0 Å². The highest BCUT2D eigenvalue weighted by molar-refractivity contribution is 9.10. The molecule has 0 bridgehead atoms. The van der Waals surface area contributed by atoms with Crippen LogP contribution in [0.4, 0.5) is 0 Å². The molecule has 1 heterocycles. The van der Waals surface area contributed by atoms with Crippen LogP contribution in [0.3, 0.4) is 0 Å². The van der Waals surface area contributed by atoms with Crippen LogP contribution < -0.4 is 5.32 Å². The summed E-state index contributed by atoms with van der Waals surface area (Å²) in [5.74, 6) is 0.512. The topological polar surface area (TPSA) is 12.0 Å². The second kappa shape index (κ2) is 6.85. The van der Waals surface area contributed by atoms with Crippen LogP contribution in [-0.2, 0) is 6.42 Å². The largest absolute Gasteiger partial charge is 0.319 e. The van der Waals surface area contributed by atoms with Gasteiger partial charge in [0.05, 0.1) is 0 Å². The van der Waals surface area contributed by atoms with E-state index in [4.69, 9.17) is 0 Å². The van der Waals surface area contributed by atoms with Crippen molar-refractivity contribution in [3.63, 3.8) is 0 Å². The van der Waals surface area contributed by atoms with Gasteiger partial charge in [0.15, 0.2) is 0 Å². The van der Waals surface area contributed by atoms with Gasteiger partial charge in [0.25, 0.3) is 0 Å². The number of benzene rings is 1. The number of halogens is 2. The van der Waals surface area contributed by atoms with Gasteiger partial charge >= 0.3 is 0 Å². The molecule has 2 aromatic rings. The zero-order chi connectivity index (χ0) is 13.0. The molecule has 1 aromatic carbocycles. The quantitative estimate of drug-likeness (QED) is 0.774. The van der Waals surface area contributed by atoms with Gasteiger partial charge in [-0.3, -0.25) is 0 Å². The minimum Gasteiger partial charge on any atom is -0.319 e. The average Bonchev–Trinajstić information content (AvgIpc) is 2.74. The fourth-order valence-corrected chi connectivity index (χ4v) is 3.97. The van der Waals surface area contributed by atoms with Gasteiger partial charge < -0.3 is 5.32 Å². The summed E-state index contributed by atoms with van der Waals surface area (Å²) in [6.07, 6.45) is 1.08. The van der Waals surface area contributed by atoms with Gasteiger partial charge in [0.1, 0.15) is 0 Å². The van der Waals surface area contributed by atoms with E-state index in [0.29, 0.717) is 5.92 Å². The van der Waals surface area contributed by atoms with E-state index in [1.165, 1.54) is 14.9 Å². The van der Waals surface area contributed by atoms with Gasteiger partial charge in [0.2, 0.25) is 0 Å². The number of likely N-dealkylation sites (N-methyl/N-ethyl adjacent to an activating group) is 1. The van der Waals surface area contributed by atoms with Crippen molar-refractivity contribution in [3.8, 4) is 0 Å². The molecule has 0 aliphatic rings. The Balaban J connectivity index is 2.17. The van der Waals surface area contributed by atoms with Crippen molar-refractivity contribution in [3.05, 3.63) is 55.1 Å². The summed E-state index contributed by atoms with van der Waals surface area (Å²) in [6.45, 7) is 0.992. The molecule has 0 radical (unpaired) electrons. The van der Waals surface area contributed by atoms with Crippen LogP contribution in [0.2, 0.25) is 0 Å². The molecule has 1 nitrogen and oxygen atoms in total. The number of hydrogen-bond donors (Lipinski definition) is 1. The molecule has 4 heteroatoms. The summed E-state index contributed by atoms with van der Waals surface area (Å²) in [5.41, 5.74) is 1.38. The van der Waals surface area contributed by atoms with Crippen LogP contribution in [-0.4, -0.2) is 13.6 Å². The molecule has 0 saturated carbocycles. The molecule has 96 valence electrons. The second-order valence-corrected chi connectivity index (χ2v) is 7.07. The number of rotatable bonds is 5. The van der Waals surface area contributed by atoms with Crippen molar-refractivity contribution in [2.75, 3.05) is 13.6 Å². The van der Waals surface area contributed by atoms with Crippen molar-refractivity contribution in [1.82, 2.24) is 5.32 Å². The Morgan fingerprint density at radius 2 is 2.06 bits per heavy atom. The molecule has 0 amide bonds. The minimum absolute atomic E-state index is 0.512. The van der Waals surface area contributed by atoms with E-state index in [2.05, 4.69) is 72.9 Å². The third-order valence-electron chi connectivity index (χ3n) is 2.84. The Hall–Kier alpha value is -0.160. The van der Waals surface area contributed by atoms with Crippen LogP contribution in [0.5, 0.6) is 0 Å². The van der Waals surface area contributed by atoms with Crippen molar-refractivity contribution >= 4 is 43.2 Å². The maximum Gasteiger partial charge on any atom is 0.0285 e. The monoisotopic (exact) mass is 387 g/mol. The van der Waals surface area contributed by atoms with Crippen LogP contribution in [0.1, 0.15) is 16.4 Å². The number of nitrogens with one attached hydrogen (secondary N) is 1. The lowest BCUT2D eigenvalue weighted by Gasteiger charge is -2.16.